The molecule has 2 N–H and O–H groups in total. The number of alkyl halides is 2. The van der Waals surface area contributed by atoms with Crippen molar-refractivity contribution in [2.45, 2.75) is 25.1 Å². The largest absolute Gasteiger partial charge is 0.435 e. The summed E-state index contributed by atoms with van der Waals surface area (Å²) in [6.07, 6.45) is 0. The normalized spacial score (nSPS) is 20.8. The molecule has 0 bridgehead atoms. The number of halogens is 3. The van der Waals surface area contributed by atoms with Crippen LogP contribution in [0.3, 0.4) is 0 Å². The fourth-order valence-corrected chi connectivity index (χ4v) is 3.13. The molecule has 0 radical (unpaired) electrons. The van der Waals surface area contributed by atoms with E-state index in [0.29, 0.717) is 5.92 Å². The zero-order valence-electron chi connectivity index (χ0n) is 13.1. The van der Waals surface area contributed by atoms with Gasteiger partial charge in [0.25, 0.3) is 0 Å². The molecule has 2 atom stereocenters. The molecule has 0 unspecified atom stereocenters. The summed E-state index contributed by atoms with van der Waals surface area (Å²) in [4.78, 5) is 2.30. The van der Waals surface area contributed by atoms with E-state index in [2.05, 4.69) is 21.8 Å². The van der Waals surface area contributed by atoms with Crippen LogP contribution in [-0.4, -0.2) is 30.6 Å². The van der Waals surface area contributed by atoms with Gasteiger partial charge in [0.2, 0.25) is 0 Å². The predicted octanol–water partition coefficient (Wildman–Crippen LogP) is 3.64. The summed E-state index contributed by atoms with van der Waals surface area (Å²) in [5, 5.41) is 0. The van der Waals surface area contributed by atoms with Gasteiger partial charge in [-0.1, -0.05) is 42.5 Å². The number of ether oxygens (including phenoxy) is 1. The molecule has 3 rings (SSSR count). The number of nitrogens with two attached hydrogens (primary N) is 1. The van der Waals surface area contributed by atoms with Crippen molar-refractivity contribution in [1.29, 1.82) is 0 Å². The van der Waals surface area contributed by atoms with Crippen LogP contribution in [0.4, 0.5) is 8.78 Å². The van der Waals surface area contributed by atoms with Crippen LogP contribution in [0.1, 0.15) is 17.0 Å². The van der Waals surface area contributed by atoms with Crippen molar-refractivity contribution in [3.05, 3.63) is 65.7 Å². The highest BCUT2D eigenvalue weighted by molar-refractivity contribution is 5.85. The van der Waals surface area contributed by atoms with E-state index in [9.17, 15) is 8.78 Å². The van der Waals surface area contributed by atoms with Gasteiger partial charge >= 0.3 is 6.61 Å². The molecule has 1 fully saturated rings. The number of hydrogen-bond donors (Lipinski definition) is 1. The number of nitrogens with zero attached hydrogens (tertiary/aromatic N) is 1. The zero-order valence-corrected chi connectivity index (χ0v) is 14.0. The number of rotatable bonds is 5. The van der Waals surface area contributed by atoms with E-state index < -0.39 is 6.61 Å². The molecule has 3 nitrogen and oxygen atoms in total. The molecule has 0 amide bonds. The Hall–Kier alpha value is -1.69. The monoisotopic (exact) mass is 354 g/mol. The van der Waals surface area contributed by atoms with Crippen LogP contribution in [0.5, 0.6) is 5.75 Å². The fourth-order valence-electron chi connectivity index (χ4n) is 3.13. The van der Waals surface area contributed by atoms with Crippen molar-refractivity contribution in [2.24, 2.45) is 5.73 Å². The molecule has 0 aromatic heterocycles. The topological polar surface area (TPSA) is 38.5 Å². The Balaban J connectivity index is 0.00000208. The minimum absolute atomic E-state index is 0. The predicted molar refractivity (Wildman–Crippen MR) is 92.8 cm³/mol. The van der Waals surface area contributed by atoms with Crippen molar-refractivity contribution < 1.29 is 13.5 Å². The average Bonchev–Trinajstić information content (AvgIpc) is 2.90. The first kappa shape index (κ1) is 18.6. The lowest BCUT2D eigenvalue weighted by molar-refractivity contribution is -0.0498. The van der Waals surface area contributed by atoms with E-state index in [1.54, 1.807) is 12.1 Å². The average molecular weight is 355 g/mol. The molecule has 0 spiro atoms. The van der Waals surface area contributed by atoms with Crippen molar-refractivity contribution in [2.75, 3.05) is 13.1 Å². The molecule has 0 aliphatic carbocycles. The standard InChI is InChI=1S/C18H20F2N2O.ClH/c19-18(20)23-15-8-6-13(7-9-15)10-22-11-16(17(21)12-22)14-4-2-1-3-5-14;/h1-9,16-18H,10-12,21H2;1H/t16-,17+;/m0./s1. The van der Waals surface area contributed by atoms with Crippen LogP contribution in [-0.2, 0) is 6.54 Å². The summed E-state index contributed by atoms with van der Waals surface area (Å²) in [6, 6.07) is 17.2. The molecule has 1 heterocycles. The summed E-state index contributed by atoms with van der Waals surface area (Å²) < 4.78 is 28.7. The molecule has 0 saturated carbocycles. The molecule has 6 heteroatoms. The maximum atomic E-state index is 12.2. The summed E-state index contributed by atoms with van der Waals surface area (Å²) >= 11 is 0. The molecule has 1 aliphatic rings. The lowest BCUT2D eigenvalue weighted by Crippen LogP contribution is -2.28. The highest BCUT2D eigenvalue weighted by atomic mass is 35.5. The first-order chi connectivity index (χ1) is 11.1. The second-order valence-corrected chi connectivity index (χ2v) is 5.90. The van der Waals surface area contributed by atoms with Crippen molar-refractivity contribution in [3.8, 4) is 5.75 Å². The fraction of sp³-hybridized carbons (Fsp3) is 0.333. The Kier molecular flexibility index (Phi) is 6.54. The highest BCUT2D eigenvalue weighted by Gasteiger charge is 2.30. The number of hydrogen-bond acceptors (Lipinski definition) is 3. The van der Waals surface area contributed by atoms with Gasteiger partial charge in [0.05, 0.1) is 0 Å². The van der Waals surface area contributed by atoms with Gasteiger partial charge in [-0.2, -0.15) is 8.78 Å². The number of likely N-dealkylation sites (tertiary alicyclic amines) is 1. The molecular formula is C18H21ClF2N2O. The van der Waals surface area contributed by atoms with E-state index in [1.807, 2.05) is 30.3 Å². The molecule has 1 saturated heterocycles. The molecule has 1 aliphatic heterocycles. The van der Waals surface area contributed by atoms with E-state index in [0.717, 1.165) is 25.2 Å². The molecule has 130 valence electrons. The van der Waals surface area contributed by atoms with Crippen LogP contribution < -0.4 is 10.5 Å². The summed E-state index contributed by atoms with van der Waals surface area (Å²) in [7, 11) is 0. The van der Waals surface area contributed by atoms with Gasteiger partial charge in [0, 0.05) is 31.6 Å². The van der Waals surface area contributed by atoms with Gasteiger partial charge < -0.3 is 10.5 Å². The van der Waals surface area contributed by atoms with E-state index in [1.165, 1.54) is 5.56 Å². The van der Waals surface area contributed by atoms with Gasteiger partial charge in [-0.15, -0.1) is 12.4 Å². The van der Waals surface area contributed by atoms with Gasteiger partial charge in [-0.05, 0) is 23.3 Å². The first-order valence-corrected chi connectivity index (χ1v) is 7.68. The van der Waals surface area contributed by atoms with Gasteiger partial charge in [0.15, 0.2) is 0 Å². The summed E-state index contributed by atoms with van der Waals surface area (Å²) in [5.74, 6) is 0.515. The quantitative estimate of drug-likeness (QED) is 0.891. The third kappa shape index (κ3) is 4.66. The maximum Gasteiger partial charge on any atom is 0.387 e. The van der Waals surface area contributed by atoms with Crippen LogP contribution in [0.2, 0.25) is 0 Å². The SMILES string of the molecule is Cl.N[C@@H]1CN(Cc2ccc(OC(F)F)cc2)C[C@H]1c1ccccc1. The lowest BCUT2D eigenvalue weighted by Gasteiger charge is -2.16. The molecule has 24 heavy (non-hydrogen) atoms. The Labute approximate surface area is 146 Å². The van der Waals surface area contributed by atoms with Crippen LogP contribution in [0.25, 0.3) is 0 Å². The third-order valence-electron chi connectivity index (χ3n) is 4.22. The summed E-state index contributed by atoms with van der Waals surface area (Å²) in [6.45, 7) is -0.301. The lowest BCUT2D eigenvalue weighted by atomic mass is 9.95. The van der Waals surface area contributed by atoms with Crippen molar-refractivity contribution >= 4 is 12.4 Å². The third-order valence-corrected chi connectivity index (χ3v) is 4.22. The molecule has 2 aromatic rings. The van der Waals surface area contributed by atoms with Crippen LogP contribution in [0, 0.1) is 0 Å². The van der Waals surface area contributed by atoms with Crippen molar-refractivity contribution in [1.82, 2.24) is 4.90 Å². The Morgan fingerprint density at radius 1 is 1.04 bits per heavy atom. The van der Waals surface area contributed by atoms with Gasteiger partial charge in [-0.25, -0.2) is 0 Å². The summed E-state index contributed by atoms with van der Waals surface area (Å²) in [5.41, 5.74) is 8.62. The van der Waals surface area contributed by atoms with Crippen molar-refractivity contribution in [3.63, 3.8) is 0 Å². The van der Waals surface area contributed by atoms with Gasteiger partial charge in [-0.3, -0.25) is 4.90 Å². The first-order valence-electron chi connectivity index (χ1n) is 7.68. The Morgan fingerprint density at radius 3 is 2.33 bits per heavy atom. The van der Waals surface area contributed by atoms with E-state index >= 15 is 0 Å². The number of benzene rings is 2. The second-order valence-electron chi connectivity index (χ2n) is 5.90. The van der Waals surface area contributed by atoms with Crippen LogP contribution >= 0.6 is 12.4 Å². The van der Waals surface area contributed by atoms with E-state index in [4.69, 9.17) is 5.73 Å². The minimum Gasteiger partial charge on any atom is -0.435 e. The van der Waals surface area contributed by atoms with Crippen LogP contribution in [0.15, 0.2) is 54.6 Å². The minimum atomic E-state index is -2.79. The zero-order chi connectivity index (χ0) is 16.2. The van der Waals surface area contributed by atoms with Gasteiger partial charge in [0.1, 0.15) is 5.75 Å². The smallest absolute Gasteiger partial charge is 0.387 e. The molecule has 2 aromatic carbocycles. The molecular weight excluding hydrogens is 334 g/mol. The Bertz CT molecular complexity index is 625. The second kappa shape index (κ2) is 8.42. The Morgan fingerprint density at radius 2 is 1.71 bits per heavy atom. The van der Waals surface area contributed by atoms with E-state index in [-0.39, 0.29) is 24.2 Å². The highest BCUT2D eigenvalue weighted by Crippen LogP contribution is 2.27. The maximum absolute atomic E-state index is 12.2.